The maximum atomic E-state index is 5.94. The first kappa shape index (κ1) is 15.2. The topological polar surface area (TPSA) is 43.2 Å². The van der Waals surface area contributed by atoms with Crippen molar-refractivity contribution >= 4 is 0 Å². The van der Waals surface area contributed by atoms with Crippen LogP contribution in [0.3, 0.4) is 0 Å². The second-order valence-electron chi connectivity index (χ2n) is 6.06. The van der Waals surface area contributed by atoms with Crippen LogP contribution in [0.4, 0.5) is 0 Å². The minimum atomic E-state index is 0.186. The van der Waals surface area contributed by atoms with Gasteiger partial charge in [-0.3, -0.25) is 14.6 Å². The molecule has 2 aromatic heterocycles. The quantitative estimate of drug-likeness (QED) is 0.869. The van der Waals surface area contributed by atoms with E-state index in [4.69, 9.17) is 4.74 Å². The van der Waals surface area contributed by atoms with E-state index in [0.29, 0.717) is 6.04 Å². The molecule has 0 radical (unpaired) electrons. The smallest absolute Gasteiger partial charge is 0.0898 e. The third kappa shape index (κ3) is 3.36. The van der Waals surface area contributed by atoms with E-state index >= 15 is 0 Å². The normalized spacial score (nSPS) is 21.0. The lowest BCUT2D eigenvalue weighted by atomic mass is 10.1. The highest BCUT2D eigenvalue weighted by Gasteiger charge is 2.25. The third-order valence-electron chi connectivity index (χ3n) is 4.36. The van der Waals surface area contributed by atoms with Gasteiger partial charge in [0, 0.05) is 37.2 Å². The molecule has 3 rings (SSSR count). The fourth-order valence-corrected chi connectivity index (χ4v) is 3.09. The molecule has 2 atom stereocenters. The van der Waals surface area contributed by atoms with Crippen LogP contribution in [0, 0.1) is 13.8 Å². The summed E-state index contributed by atoms with van der Waals surface area (Å²) in [5, 5.41) is 4.54. The molecule has 3 heterocycles. The number of aryl methyl sites for hydroxylation is 2. The van der Waals surface area contributed by atoms with Gasteiger partial charge < -0.3 is 4.74 Å². The van der Waals surface area contributed by atoms with Gasteiger partial charge in [0.25, 0.3) is 0 Å². The molecule has 0 N–H and O–H groups in total. The fourth-order valence-electron chi connectivity index (χ4n) is 3.09. The van der Waals surface area contributed by atoms with Gasteiger partial charge in [0.1, 0.15) is 0 Å². The molecule has 0 bridgehead atoms. The maximum Gasteiger partial charge on any atom is 0.0898 e. The highest BCUT2D eigenvalue weighted by molar-refractivity contribution is 5.13. The molecule has 2 aromatic rings. The van der Waals surface area contributed by atoms with Crippen molar-refractivity contribution in [1.29, 1.82) is 0 Å². The first-order valence-electron chi connectivity index (χ1n) is 7.90. The molecule has 5 heteroatoms. The predicted octanol–water partition coefficient (Wildman–Crippen LogP) is 2.36. The van der Waals surface area contributed by atoms with Gasteiger partial charge in [0.15, 0.2) is 0 Å². The Morgan fingerprint density at radius 1 is 1.41 bits per heavy atom. The molecule has 0 unspecified atom stereocenters. The van der Waals surface area contributed by atoms with E-state index in [1.165, 1.54) is 11.3 Å². The first-order valence-corrected chi connectivity index (χ1v) is 7.90. The largest absolute Gasteiger partial charge is 0.374 e. The number of morpholine rings is 1. The lowest BCUT2D eigenvalue weighted by Gasteiger charge is -2.37. The van der Waals surface area contributed by atoms with Crippen LogP contribution in [-0.2, 0) is 11.3 Å². The maximum absolute atomic E-state index is 5.94. The molecule has 1 aliphatic rings. The van der Waals surface area contributed by atoms with Crippen LogP contribution >= 0.6 is 0 Å². The third-order valence-corrected chi connectivity index (χ3v) is 4.36. The van der Waals surface area contributed by atoms with Crippen molar-refractivity contribution in [2.75, 3.05) is 19.7 Å². The Morgan fingerprint density at radius 2 is 2.27 bits per heavy atom. The van der Waals surface area contributed by atoms with E-state index < -0.39 is 0 Å². The Morgan fingerprint density at radius 3 is 2.95 bits per heavy atom. The number of nitrogens with zero attached hydrogens (tertiary/aromatic N) is 4. The van der Waals surface area contributed by atoms with Crippen molar-refractivity contribution in [3.63, 3.8) is 0 Å². The van der Waals surface area contributed by atoms with Crippen molar-refractivity contribution in [1.82, 2.24) is 19.7 Å². The molecule has 1 aliphatic heterocycles. The molecule has 0 spiro atoms. The Hall–Kier alpha value is -1.72. The van der Waals surface area contributed by atoms with E-state index in [1.54, 1.807) is 0 Å². The van der Waals surface area contributed by atoms with E-state index in [9.17, 15) is 0 Å². The van der Waals surface area contributed by atoms with Gasteiger partial charge in [0.2, 0.25) is 0 Å². The number of hydrogen-bond acceptors (Lipinski definition) is 4. The molecule has 1 saturated heterocycles. The minimum absolute atomic E-state index is 0.186. The Labute approximate surface area is 131 Å². The van der Waals surface area contributed by atoms with Crippen molar-refractivity contribution < 1.29 is 4.74 Å². The van der Waals surface area contributed by atoms with Gasteiger partial charge in [-0.1, -0.05) is 6.07 Å². The van der Waals surface area contributed by atoms with Crippen molar-refractivity contribution in [2.45, 2.75) is 39.5 Å². The molecule has 118 valence electrons. The van der Waals surface area contributed by atoms with E-state index in [2.05, 4.69) is 45.6 Å². The summed E-state index contributed by atoms with van der Waals surface area (Å²) in [7, 11) is 0. The number of hydrogen-bond donors (Lipinski definition) is 0. The van der Waals surface area contributed by atoms with Gasteiger partial charge in [-0.25, -0.2) is 0 Å². The summed E-state index contributed by atoms with van der Waals surface area (Å²) in [5.74, 6) is 0. The second-order valence-corrected chi connectivity index (χ2v) is 6.06. The average molecular weight is 300 g/mol. The van der Waals surface area contributed by atoms with Crippen LogP contribution in [0.1, 0.15) is 29.9 Å². The summed E-state index contributed by atoms with van der Waals surface area (Å²) in [4.78, 5) is 6.70. The van der Waals surface area contributed by atoms with Crippen molar-refractivity contribution in [2.24, 2.45) is 0 Å². The van der Waals surface area contributed by atoms with Gasteiger partial charge in [0.05, 0.1) is 24.9 Å². The van der Waals surface area contributed by atoms with Gasteiger partial charge in [-0.05, 0) is 38.5 Å². The van der Waals surface area contributed by atoms with Crippen LogP contribution in [0.25, 0.3) is 0 Å². The Bertz CT molecular complexity index is 610. The number of pyridine rings is 1. The SMILES string of the molecule is Cc1cc(C)n(C[C@@H]2CN([C@H](C)c3cccnc3)CCO2)n1. The molecule has 0 aliphatic carbocycles. The highest BCUT2D eigenvalue weighted by atomic mass is 16.5. The van der Waals surface area contributed by atoms with Crippen LogP contribution in [-0.4, -0.2) is 45.5 Å². The minimum Gasteiger partial charge on any atom is -0.374 e. The molecule has 22 heavy (non-hydrogen) atoms. The zero-order valence-corrected chi connectivity index (χ0v) is 13.6. The second kappa shape index (κ2) is 6.58. The van der Waals surface area contributed by atoms with Crippen LogP contribution < -0.4 is 0 Å². The summed E-state index contributed by atoms with van der Waals surface area (Å²) in [5.41, 5.74) is 3.52. The standard InChI is InChI=1S/C17H24N4O/c1-13-9-14(2)21(19-13)12-17-11-20(7-8-22-17)15(3)16-5-4-6-18-10-16/h4-6,9-10,15,17H,7-8,11-12H2,1-3H3/t15-,17+/m1/s1. The molecule has 5 nitrogen and oxygen atoms in total. The van der Waals surface area contributed by atoms with E-state index in [0.717, 1.165) is 31.9 Å². The van der Waals surface area contributed by atoms with Gasteiger partial charge >= 0.3 is 0 Å². The summed E-state index contributed by atoms with van der Waals surface area (Å²) >= 11 is 0. The predicted molar refractivity (Wildman–Crippen MR) is 85.7 cm³/mol. The number of rotatable bonds is 4. The van der Waals surface area contributed by atoms with Crippen molar-refractivity contribution in [3.05, 3.63) is 47.5 Å². The Kier molecular flexibility index (Phi) is 4.55. The van der Waals surface area contributed by atoms with E-state index in [1.807, 2.05) is 25.4 Å². The molecule has 0 saturated carbocycles. The first-order chi connectivity index (χ1) is 10.6. The molecular formula is C17H24N4O. The molecular weight excluding hydrogens is 276 g/mol. The average Bonchev–Trinajstić information content (AvgIpc) is 2.85. The number of ether oxygens (including phenoxy) is 1. The fraction of sp³-hybridized carbons (Fsp3) is 0.529. The van der Waals surface area contributed by atoms with Crippen LogP contribution in [0.2, 0.25) is 0 Å². The number of aromatic nitrogens is 3. The zero-order chi connectivity index (χ0) is 15.5. The lowest BCUT2D eigenvalue weighted by Crippen LogP contribution is -2.45. The van der Waals surface area contributed by atoms with Crippen molar-refractivity contribution in [3.8, 4) is 0 Å². The van der Waals surface area contributed by atoms with Gasteiger partial charge in [-0.2, -0.15) is 5.10 Å². The summed E-state index contributed by atoms with van der Waals surface area (Å²) in [6.45, 7) is 9.84. The zero-order valence-electron chi connectivity index (χ0n) is 13.6. The molecule has 0 amide bonds. The molecule has 0 aromatic carbocycles. The Balaban J connectivity index is 1.65. The summed E-state index contributed by atoms with van der Waals surface area (Å²) in [6, 6.07) is 6.61. The monoisotopic (exact) mass is 300 g/mol. The lowest BCUT2D eigenvalue weighted by molar-refractivity contribution is -0.0499. The van der Waals surface area contributed by atoms with Crippen LogP contribution in [0.15, 0.2) is 30.6 Å². The molecule has 1 fully saturated rings. The van der Waals surface area contributed by atoms with Gasteiger partial charge in [-0.15, -0.1) is 0 Å². The summed E-state index contributed by atoms with van der Waals surface area (Å²) < 4.78 is 8.00. The van der Waals surface area contributed by atoms with E-state index in [-0.39, 0.29) is 6.10 Å². The summed E-state index contributed by atoms with van der Waals surface area (Å²) in [6.07, 6.45) is 3.96. The highest BCUT2D eigenvalue weighted by Crippen LogP contribution is 2.22. The van der Waals surface area contributed by atoms with Crippen LogP contribution in [0.5, 0.6) is 0 Å².